The van der Waals surface area contributed by atoms with Crippen LogP contribution in [0.1, 0.15) is 5.56 Å². The lowest BCUT2D eigenvalue weighted by atomic mass is 10.1. The molecule has 4 N–H and O–H groups in total. The maximum Gasteiger partial charge on any atom is 0.312 e. The average molecular weight is 357 g/mol. The van der Waals surface area contributed by atoms with E-state index in [2.05, 4.69) is 10.6 Å². The SMILES string of the molecule is COc1ccc(OCCNC(=O)[C@H](Cc2ccccc2)NC(N)=O)cc1. The monoisotopic (exact) mass is 357 g/mol. The summed E-state index contributed by atoms with van der Waals surface area (Å²) in [6.07, 6.45) is 0.356. The van der Waals surface area contributed by atoms with Gasteiger partial charge in [0.2, 0.25) is 5.91 Å². The molecule has 2 aromatic carbocycles. The highest BCUT2D eigenvalue weighted by molar-refractivity contribution is 5.86. The van der Waals surface area contributed by atoms with E-state index in [0.717, 1.165) is 11.3 Å². The summed E-state index contributed by atoms with van der Waals surface area (Å²) in [7, 11) is 1.59. The average Bonchev–Trinajstić information content (AvgIpc) is 2.65. The van der Waals surface area contributed by atoms with Crippen LogP contribution in [0.4, 0.5) is 4.79 Å². The highest BCUT2D eigenvalue weighted by atomic mass is 16.5. The number of primary amides is 1. The van der Waals surface area contributed by atoms with Crippen LogP contribution < -0.4 is 25.8 Å². The van der Waals surface area contributed by atoms with Crippen LogP contribution in [0.25, 0.3) is 0 Å². The molecule has 0 fully saturated rings. The number of ether oxygens (including phenoxy) is 2. The van der Waals surface area contributed by atoms with E-state index >= 15 is 0 Å². The first-order valence-corrected chi connectivity index (χ1v) is 8.23. The molecule has 1 atom stereocenters. The Labute approximate surface area is 152 Å². The Bertz CT molecular complexity index is 704. The fraction of sp³-hybridized carbons (Fsp3) is 0.263. The Kier molecular flexibility index (Phi) is 7.30. The van der Waals surface area contributed by atoms with Gasteiger partial charge in [0.25, 0.3) is 0 Å². The minimum atomic E-state index is -0.740. The van der Waals surface area contributed by atoms with E-state index in [1.54, 1.807) is 31.4 Å². The highest BCUT2D eigenvalue weighted by Crippen LogP contribution is 2.16. The van der Waals surface area contributed by atoms with Crippen molar-refractivity contribution in [2.24, 2.45) is 5.73 Å². The van der Waals surface area contributed by atoms with Gasteiger partial charge in [0.05, 0.1) is 13.7 Å². The number of hydrogen-bond donors (Lipinski definition) is 3. The molecule has 3 amide bonds. The zero-order chi connectivity index (χ0) is 18.8. The maximum absolute atomic E-state index is 12.3. The molecular formula is C19H23N3O4. The molecule has 7 nitrogen and oxygen atoms in total. The third-order valence-electron chi connectivity index (χ3n) is 3.65. The Morgan fingerprint density at radius 3 is 2.31 bits per heavy atom. The molecule has 0 heterocycles. The summed E-state index contributed by atoms with van der Waals surface area (Å²) in [5.74, 6) is 1.11. The highest BCUT2D eigenvalue weighted by Gasteiger charge is 2.19. The minimum absolute atomic E-state index is 0.298. The molecule has 0 bridgehead atoms. The van der Waals surface area contributed by atoms with E-state index < -0.39 is 12.1 Å². The summed E-state index contributed by atoms with van der Waals surface area (Å²) in [5, 5.41) is 5.21. The summed E-state index contributed by atoms with van der Waals surface area (Å²) in [6.45, 7) is 0.600. The smallest absolute Gasteiger partial charge is 0.312 e. The molecule has 2 aromatic rings. The Morgan fingerprint density at radius 1 is 1.04 bits per heavy atom. The van der Waals surface area contributed by atoms with E-state index in [4.69, 9.17) is 15.2 Å². The Morgan fingerprint density at radius 2 is 1.69 bits per heavy atom. The number of rotatable bonds is 9. The predicted molar refractivity (Wildman–Crippen MR) is 98.2 cm³/mol. The molecule has 26 heavy (non-hydrogen) atoms. The molecule has 0 saturated carbocycles. The van der Waals surface area contributed by atoms with E-state index in [9.17, 15) is 9.59 Å². The van der Waals surface area contributed by atoms with Crippen LogP contribution in [-0.4, -0.2) is 38.2 Å². The molecular weight excluding hydrogens is 334 g/mol. The summed E-state index contributed by atoms with van der Waals surface area (Å²) < 4.78 is 10.6. The topological polar surface area (TPSA) is 103 Å². The van der Waals surface area contributed by atoms with Crippen molar-refractivity contribution in [3.05, 3.63) is 60.2 Å². The lowest BCUT2D eigenvalue weighted by Crippen LogP contribution is -2.50. The van der Waals surface area contributed by atoms with Crippen LogP contribution in [0.5, 0.6) is 11.5 Å². The van der Waals surface area contributed by atoms with Gasteiger partial charge in [0, 0.05) is 6.42 Å². The number of carbonyl (C=O) groups excluding carboxylic acids is 2. The zero-order valence-electron chi connectivity index (χ0n) is 14.6. The van der Waals surface area contributed by atoms with Gasteiger partial charge in [-0.2, -0.15) is 0 Å². The predicted octanol–water partition coefficient (Wildman–Crippen LogP) is 1.47. The molecule has 0 aliphatic carbocycles. The summed E-state index contributed by atoms with van der Waals surface area (Å²) in [4.78, 5) is 23.5. The van der Waals surface area contributed by atoms with Crippen molar-refractivity contribution >= 4 is 11.9 Å². The van der Waals surface area contributed by atoms with Gasteiger partial charge in [-0.1, -0.05) is 30.3 Å². The number of amides is 3. The third kappa shape index (κ3) is 6.35. The van der Waals surface area contributed by atoms with Gasteiger partial charge in [-0.3, -0.25) is 4.79 Å². The second-order valence-electron chi connectivity index (χ2n) is 5.57. The molecule has 0 aromatic heterocycles. The molecule has 2 rings (SSSR count). The molecule has 0 aliphatic rings. The van der Waals surface area contributed by atoms with Gasteiger partial charge in [-0.25, -0.2) is 4.79 Å². The van der Waals surface area contributed by atoms with Crippen LogP contribution in [0.15, 0.2) is 54.6 Å². The normalized spacial score (nSPS) is 11.3. The quantitative estimate of drug-likeness (QED) is 0.591. The molecule has 0 aliphatic heterocycles. The summed E-state index contributed by atoms with van der Waals surface area (Å²) in [6, 6.07) is 15.1. The molecule has 138 valence electrons. The first-order chi connectivity index (χ1) is 12.6. The van der Waals surface area contributed by atoms with Crippen molar-refractivity contribution in [2.75, 3.05) is 20.3 Å². The first-order valence-electron chi connectivity index (χ1n) is 8.23. The Hall–Kier alpha value is -3.22. The third-order valence-corrected chi connectivity index (χ3v) is 3.65. The van der Waals surface area contributed by atoms with Crippen LogP contribution in [0.2, 0.25) is 0 Å². The summed E-state index contributed by atoms with van der Waals surface area (Å²) >= 11 is 0. The molecule has 7 heteroatoms. The number of hydrogen-bond acceptors (Lipinski definition) is 4. The zero-order valence-corrected chi connectivity index (χ0v) is 14.6. The van der Waals surface area contributed by atoms with Gasteiger partial charge in [-0.15, -0.1) is 0 Å². The number of carbonyl (C=O) groups is 2. The van der Waals surface area contributed by atoms with Crippen molar-refractivity contribution in [3.63, 3.8) is 0 Å². The van der Waals surface area contributed by atoms with Crippen LogP contribution in [0.3, 0.4) is 0 Å². The fourth-order valence-electron chi connectivity index (χ4n) is 2.37. The van der Waals surface area contributed by atoms with Gasteiger partial charge in [0.1, 0.15) is 24.1 Å². The maximum atomic E-state index is 12.3. The fourth-order valence-corrected chi connectivity index (χ4v) is 2.37. The van der Waals surface area contributed by atoms with Crippen molar-refractivity contribution in [1.82, 2.24) is 10.6 Å². The lowest BCUT2D eigenvalue weighted by Gasteiger charge is -2.17. The minimum Gasteiger partial charge on any atom is -0.497 e. The van der Waals surface area contributed by atoms with Crippen molar-refractivity contribution in [1.29, 1.82) is 0 Å². The van der Waals surface area contributed by atoms with E-state index in [1.165, 1.54) is 0 Å². The lowest BCUT2D eigenvalue weighted by molar-refractivity contribution is -0.123. The number of nitrogens with one attached hydrogen (secondary N) is 2. The van der Waals surface area contributed by atoms with Gasteiger partial charge in [-0.05, 0) is 29.8 Å². The second kappa shape index (κ2) is 9.93. The van der Waals surface area contributed by atoms with Gasteiger partial charge >= 0.3 is 6.03 Å². The Balaban J connectivity index is 1.81. The number of nitrogens with two attached hydrogens (primary N) is 1. The van der Waals surface area contributed by atoms with Crippen LogP contribution in [0, 0.1) is 0 Å². The van der Waals surface area contributed by atoms with Gasteiger partial charge in [0.15, 0.2) is 0 Å². The van der Waals surface area contributed by atoms with Gasteiger partial charge < -0.3 is 25.8 Å². The largest absolute Gasteiger partial charge is 0.497 e. The molecule has 0 radical (unpaired) electrons. The number of benzene rings is 2. The van der Waals surface area contributed by atoms with Crippen molar-refractivity contribution in [3.8, 4) is 11.5 Å². The van der Waals surface area contributed by atoms with Crippen LogP contribution >= 0.6 is 0 Å². The molecule has 0 spiro atoms. The molecule has 0 saturated heterocycles. The number of methoxy groups -OCH3 is 1. The van der Waals surface area contributed by atoms with E-state index in [-0.39, 0.29) is 5.91 Å². The number of urea groups is 1. The van der Waals surface area contributed by atoms with E-state index in [1.807, 2.05) is 30.3 Å². The summed E-state index contributed by atoms with van der Waals surface area (Å²) in [5.41, 5.74) is 6.10. The molecule has 0 unspecified atom stereocenters. The second-order valence-corrected chi connectivity index (χ2v) is 5.57. The standard InChI is InChI=1S/C19H23N3O4/c1-25-15-7-9-16(10-8-15)26-12-11-21-18(23)17(22-19(20)24)13-14-5-3-2-4-6-14/h2-10,17H,11-13H2,1H3,(H,21,23)(H3,20,22,24)/t17-/m0/s1. The van der Waals surface area contributed by atoms with Crippen LogP contribution in [-0.2, 0) is 11.2 Å². The van der Waals surface area contributed by atoms with E-state index in [0.29, 0.717) is 25.3 Å². The van der Waals surface area contributed by atoms with Crippen molar-refractivity contribution < 1.29 is 19.1 Å². The van der Waals surface area contributed by atoms with Crippen molar-refractivity contribution in [2.45, 2.75) is 12.5 Å². The first kappa shape index (κ1) is 19.1.